The predicted octanol–water partition coefficient (Wildman–Crippen LogP) is 4.48. The fraction of sp³-hybridized carbons (Fsp3) is 0.304. The second-order valence-corrected chi connectivity index (χ2v) is 7.79. The monoisotopic (exact) mass is 444 g/mol. The van der Waals surface area contributed by atoms with Crippen LogP contribution >= 0.6 is 11.6 Å². The maximum absolute atomic E-state index is 12.7. The van der Waals surface area contributed by atoms with Crippen LogP contribution in [0.2, 0.25) is 5.02 Å². The molecule has 1 heterocycles. The van der Waals surface area contributed by atoms with Gasteiger partial charge in [0, 0.05) is 25.6 Å². The third-order valence-electron chi connectivity index (χ3n) is 4.92. The highest BCUT2D eigenvalue weighted by atomic mass is 35.5. The van der Waals surface area contributed by atoms with E-state index in [1.807, 2.05) is 43.1 Å². The number of nitrogens with zero attached hydrogens (tertiary/aromatic N) is 2. The van der Waals surface area contributed by atoms with Crippen LogP contribution in [0.1, 0.15) is 35.8 Å². The highest BCUT2D eigenvalue weighted by Gasteiger charge is 2.26. The summed E-state index contributed by atoms with van der Waals surface area (Å²) in [6.45, 7) is 3.21. The van der Waals surface area contributed by atoms with Crippen LogP contribution in [0.5, 0.6) is 11.5 Å². The molecule has 164 valence electrons. The van der Waals surface area contributed by atoms with E-state index in [1.165, 1.54) is 6.07 Å². The number of hydrogen-bond donors (Lipinski definition) is 3. The van der Waals surface area contributed by atoms with Crippen molar-refractivity contribution in [3.8, 4) is 33.9 Å². The van der Waals surface area contributed by atoms with Crippen molar-refractivity contribution in [1.29, 1.82) is 0 Å². The lowest BCUT2D eigenvalue weighted by Crippen LogP contribution is -2.21. The lowest BCUT2D eigenvalue weighted by molar-refractivity contribution is 0.0973. The van der Waals surface area contributed by atoms with Gasteiger partial charge in [-0.25, -0.2) is 0 Å². The van der Waals surface area contributed by atoms with Crippen molar-refractivity contribution in [2.45, 2.75) is 26.3 Å². The van der Waals surface area contributed by atoms with Crippen LogP contribution in [0, 0.1) is 0 Å². The van der Waals surface area contributed by atoms with Crippen LogP contribution in [0.3, 0.4) is 0 Å². The molecule has 8 heteroatoms. The van der Waals surface area contributed by atoms with Crippen LogP contribution in [0.25, 0.3) is 22.5 Å². The average molecular weight is 445 g/mol. The van der Waals surface area contributed by atoms with Gasteiger partial charge < -0.3 is 19.8 Å². The van der Waals surface area contributed by atoms with Gasteiger partial charge in [0.2, 0.25) is 0 Å². The molecule has 0 aliphatic heterocycles. The van der Waals surface area contributed by atoms with Gasteiger partial charge in [0.25, 0.3) is 0 Å². The van der Waals surface area contributed by atoms with E-state index in [9.17, 15) is 15.0 Å². The molecule has 0 bridgehead atoms. The first-order chi connectivity index (χ1) is 14.8. The first kappa shape index (κ1) is 22.8. The summed E-state index contributed by atoms with van der Waals surface area (Å²) in [5, 5.41) is 33.2. The molecule has 0 saturated carbocycles. The van der Waals surface area contributed by atoms with Crippen LogP contribution in [-0.4, -0.2) is 51.4 Å². The average Bonchev–Trinajstić information content (AvgIpc) is 3.16. The minimum Gasteiger partial charge on any atom is -0.507 e. The predicted molar refractivity (Wildman–Crippen MR) is 118 cm³/mol. The van der Waals surface area contributed by atoms with Crippen molar-refractivity contribution in [2.24, 2.45) is 0 Å². The largest absolute Gasteiger partial charge is 0.507 e. The number of rotatable bonds is 9. The topological polar surface area (TPSA) is 107 Å². The number of phenols is 2. The Morgan fingerprint density at radius 2 is 1.87 bits per heavy atom. The summed E-state index contributed by atoms with van der Waals surface area (Å²) in [6.07, 6.45) is 0.970. The number of ketones is 1. The van der Waals surface area contributed by atoms with E-state index in [0.717, 1.165) is 11.6 Å². The molecule has 1 aromatic heterocycles. The van der Waals surface area contributed by atoms with Crippen molar-refractivity contribution in [2.75, 3.05) is 20.2 Å². The number of phenolic OH excluding ortho intramolecular Hbond substituents is 2. The van der Waals surface area contributed by atoms with E-state index >= 15 is 0 Å². The second kappa shape index (κ2) is 9.96. The minimum absolute atomic E-state index is 0.0406. The molecule has 2 aromatic carbocycles. The van der Waals surface area contributed by atoms with Crippen molar-refractivity contribution in [3.63, 3.8) is 0 Å². The smallest absolute Gasteiger partial charge is 0.185 e. The minimum atomic E-state index is -0.261. The first-order valence-electron chi connectivity index (χ1n) is 9.99. The Kier molecular flexibility index (Phi) is 7.33. The molecule has 3 N–H and O–H groups in total. The molecule has 0 radical (unpaired) electrons. The Bertz CT molecular complexity index is 1060. The van der Waals surface area contributed by atoms with Gasteiger partial charge in [0.1, 0.15) is 11.5 Å². The van der Waals surface area contributed by atoms with Crippen molar-refractivity contribution >= 4 is 17.4 Å². The summed E-state index contributed by atoms with van der Waals surface area (Å²) in [6, 6.07) is 10.1. The fourth-order valence-electron chi connectivity index (χ4n) is 3.35. The molecule has 0 saturated heterocycles. The zero-order valence-electron chi connectivity index (χ0n) is 17.4. The molecule has 0 amide bonds. The van der Waals surface area contributed by atoms with Crippen LogP contribution < -0.4 is 0 Å². The van der Waals surface area contributed by atoms with Gasteiger partial charge in [-0.05, 0) is 30.7 Å². The molecule has 0 atom stereocenters. The number of aliphatic hydroxyl groups is 1. The number of aliphatic hydroxyl groups excluding tert-OH is 1. The normalized spacial score (nSPS) is 11.3. The molecule has 0 aliphatic rings. The van der Waals surface area contributed by atoms with Gasteiger partial charge in [-0.15, -0.1) is 0 Å². The fourth-order valence-corrected chi connectivity index (χ4v) is 3.51. The molecule has 0 unspecified atom stereocenters. The third-order valence-corrected chi connectivity index (χ3v) is 5.22. The van der Waals surface area contributed by atoms with Crippen LogP contribution in [-0.2, 0) is 6.54 Å². The van der Waals surface area contributed by atoms with E-state index in [1.54, 1.807) is 0 Å². The lowest BCUT2D eigenvalue weighted by atomic mass is 9.95. The molecule has 3 aromatic rings. The highest BCUT2D eigenvalue weighted by Crippen LogP contribution is 2.43. The zero-order valence-corrected chi connectivity index (χ0v) is 18.2. The van der Waals surface area contributed by atoms with Crippen molar-refractivity contribution in [1.82, 2.24) is 10.1 Å². The molecular formula is C23H25ClN2O5. The van der Waals surface area contributed by atoms with E-state index in [2.05, 4.69) is 5.16 Å². The Hall–Kier alpha value is -2.87. The van der Waals surface area contributed by atoms with E-state index < -0.39 is 0 Å². The van der Waals surface area contributed by atoms with Crippen LogP contribution in [0.15, 0.2) is 40.9 Å². The highest BCUT2D eigenvalue weighted by molar-refractivity contribution is 6.32. The van der Waals surface area contributed by atoms with Crippen LogP contribution in [0.4, 0.5) is 0 Å². The quantitative estimate of drug-likeness (QED) is 0.417. The van der Waals surface area contributed by atoms with Gasteiger partial charge in [-0.2, -0.15) is 0 Å². The summed E-state index contributed by atoms with van der Waals surface area (Å²) in [4.78, 5) is 14.7. The first-order valence-corrected chi connectivity index (χ1v) is 10.4. The number of benzene rings is 2. The number of hydrogen-bond acceptors (Lipinski definition) is 7. The lowest BCUT2D eigenvalue weighted by Gasteiger charge is -2.15. The molecule has 0 fully saturated rings. The molecular weight excluding hydrogens is 420 g/mol. The Morgan fingerprint density at radius 1 is 1.16 bits per heavy atom. The maximum Gasteiger partial charge on any atom is 0.185 e. The van der Waals surface area contributed by atoms with Crippen molar-refractivity contribution < 1.29 is 24.6 Å². The molecule has 31 heavy (non-hydrogen) atoms. The van der Waals surface area contributed by atoms with Gasteiger partial charge in [-0.1, -0.05) is 47.9 Å². The molecule has 0 aliphatic carbocycles. The standard InChI is InChI=1S/C23H25ClN2O5/c1-3-4-18(28)22-21(15-7-5-14(6-8-15)13-26(2)9-10-27)23(31-25-22)16-11-17(24)20(30)12-19(16)29/h5-8,11-12,27,29-30H,3-4,9-10,13H2,1-2H3. The Morgan fingerprint density at radius 3 is 2.52 bits per heavy atom. The molecule has 0 spiro atoms. The second-order valence-electron chi connectivity index (χ2n) is 7.39. The maximum atomic E-state index is 12.7. The number of likely N-dealkylation sites (N-methyl/N-ethyl adjacent to an activating group) is 1. The summed E-state index contributed by atoms with van der Waals surface area (Å²) < 4.78 is 5.50. The van der Waals surface area contributed by atoms with Gasteiger partial charge in [0.05, 0.1) is 22.8 Å². The number of carbonyl (C=O) groups is 1. The number of Topliss-reactive ketones (excluding diaryl/α,β-unsaturated/α-hetero) is 1. The summed E-state index contributed by atoms with van der Waals surface area (Å²) >= 11 is 6.04. The number of aromatic nitrogens is 1. The number of carbonyl (C=O) groups excluding carboxylic acids is 1. The van der Waals surface area contributed by atoms with E-state index in [4.69, 9.17) is 21.2 Å². The summed E-state index contributed by atoms with van der Waals surface area (Å²) in [7, 11) is 1.92. The molecule has 3 rings (SSSR count). The third kappa shape index (κ3) is 5.07. The van der Waals surface area contributed by atoms with E-state index in [-0.39, 0.29) is 45.9 Å². The van der Waals surface area contributed by atoms with Gasteiger partial charge >= 0.3 is 0 Å². The number of aromatic hydroxyl groups is 2. The van der Waals surface area contributed by atoms with Gasteiger partial charge in [-0.3, -0.25) is 9.69 Å². The van der Waals surface area contributed by atoms with E-state index in [0.29, 0.717) is 37.1 Å². The van der Waals surface area contributed by atoms with Gasteiger partial charge in [0.15, 0.2) is 17.2 Å². The molecule has 7 nitrogen and oxygen atoms in total. The Balaban J connectivity index is 2.08. The van der Waals surface area contributed by atoms with Crippen molar-refractivity contribution in [3.05, 3.63) is 52.7 Å². The summed E-state index contributed by atoms with van der Waals surface area (Å²) in [5.74, 6) is -0.466. The SMILES string of the molecule is CCCC(=O)c1noc(-c2cc(Cl)c(O)cc2O)c1-c1ccc(CN(C)CCO)cc1. The summed E-state index contributed by atoms with van der Waals surface area (Å²) in [5.41, 5.74) is 2.62. The Labute approximate surface area is 185 Å². The zero-order chi connectivity index (χ0) is 22.5. The number of halogens is 1.